The number of aryl methyl sites for hydroxylation is 1. The highest BCUT2D eigenvalue weighted by molar-refractivity contribution is 5.94. The molecular weight excluding hydrogens is 319 g/mol. The maximum Gasteiger partial charge on any atom is 0.338 e. The van der Waals surface area contributed by atoms with Crippen molar-refractivity contribution in [1.29, 1.82) is 0 Å². The molecule has 0 spiro atoms. The maximum absolute atomic E-state index is 13.4. The number of carbonyl (C=O) groups excluding carboxylic acids is 1. The van der Waals surface area contributed by atoms with E-state index in [9.17, 15) is 9.18 Å². The third-order valence-corrected chi connectivity index (χ3v) is 4.34. The van der Waals surface area contributed by atoms with Gasteiger partial charge in [-0.3, -0.25) is 0 Å². The number of nitrogens with one attached hydrogen (secondary N) is 2. The van der Waals surface area contributed by atoms with E-state index in [4.69, 9.17) is 4.74 Å². The van der Waals surface area contributed by atoms with Crippen LogP contribution < -0.4 is 0 Å². The van der Waals surface area contributed by atoms with E-state index in [2.05, 4.69) is 9.97 Å². The van der Waals surface area contributed by atoms with E-state index in [1.54, 1.807) is 18.2 Å². The number of halogens is 1. The third-order valence-electron chi connectivity index (χ3n) is 4.34. The van der Waals surface area contributed by atoms with Gasteiger partial charge in [-0.1, -0.05) is 6.07 Å². The third kappa shape index (κ3) is 3.13. The number of hydrogen-bond donors (Lipinski definition) is 2. The molecule has 4 aromatic rings. The molecule has 0 bridgehead atoms. The van der Waals surface area contributed by atoms with Gasteiger partial charge in [-0.25, -0.2) is 9.18 Å². The average Bonchev–Trinajstić information content (AvgIpc) is 3.24. The molecular formula is C20H17FN2O2. The summed E-state index contributed by atoms with van der Waals surface area (Å²) in [7, 11) is 0. The summed E-state index contributed by atoms with van der Waals surface area (Å²) in [6.45, 7) is 0.323. The summed E-state index contributed by atoms with van der Waals surface area (Å²) in [6, 6.07) is 12.1. The SMILES string of the molecule is O=C(OCCCc1c[nH]c2ccc(F)cc12)c1ccc2cc[nH]c2c1. The summed E-state index contributed by atoms with van der Waals surface area (Å²) in [5, 5.41) is 1.94. The number of aromatic amines is 2. The summed E-state index contributed by atoms with van der Waals surface area (Å²) in [6.07, 6.45) is 5.11. The number of hydrogen-bond acceptors (Lipinski definition) is 2. The van der Waals surface area contributed by atoms with Crippen molar-refractivity contribution in [3.8, 4) is 0 Å². The highest BCUT2D eigenvalue weighted by Gasteiger charge is 2.09. The first kappa shape index (κ1) is 15.4. The van der Waals surface area contributed by atoms with Crippen LogP contribution in [0, 0.1) is 5.82 Å². The average molecular weight is 336 g/mol. The minimum Gasteiger partial charge on any atom is -0.462 e. The van der Waals surface area contributed by atoms with Crippen molar-refractivity contribution in [3.05, 3.63) is 71.8 Å². The highest BCUT2D eigenvalue weighted by Crippen LogP contribution is 2.21. The molecule has 4 rings (SSSR count). The second kappa shape index (κ2) is 6.43. The fraction of sp³-hybridized carbons (Fsp3) is 0.150. The smallest absolute Gasteiger partial charge is 0.338 e. The second-order valence-corrected chi connectivity index (χ2v) is 6.02. The standard InChI is InChI=1S/C20H17FN2O2/c21-16-5-6-18-17(11-16)15(12-23-18)2-1-9-25-20(24)14-4-3-13-7-8-22-19(13)10-14/h3-8,10-12,22-23H,1-2,9H2. The van der Waals surface area contributed by atoms with Crippen molar-refractivity contribution in [2.24, 2.45) is 0 Å². The first-order valence-corrected chi connectivity index (χ1v) is 8.20. The zero-order valence-electron chi connectivity index (χ0n) is 13.5. The molecule has 0 saturated heterocycles. The van der Waals surface area contributed by atoms with Crippen LogP contribution in [-0.2, 0) is 11.2 Å². The second-order valence-electron chi connectivity index (χ2n) is 6.02. The van der Waals surface area contributed by atoms with E-state index in [1.165, 1.54) is 12.1 Å². The van der Waals surface area contributed by atoms with Gasteiger partial charge in [0.05, 0.1) is 12.2 Å². The van der Waals surface area contributed by atoms with Crippen LogP contribution in [0.25, 0.3) is 21.8 Å². The van der Waals surface area contributed by atoms with Crippen molar-refractivity contribution >= 4 is 27.8 Å². The lowest BCUT2D eigenvalue weighted by Gasteiger charge is -2.05. The van der Waals surface area contributed by atoms with Crippen LogP contribution in [-0.4, -0.2) is 22.5 Å². The van der Waals surface area contributed by atoms with Crippen LogP contribution in [0.1, 0.15) is 22.3 Å². The minimum absolute atomic E-state index is 0.250. The Morgan fingerprint density at radius 1 is 1.04 bits per heavy atom. The van der Waals surface area contributed by atoms with E-state index in [-0.39, 0.29) is 11.8 Å². The fourth-order valence-electron chi connectivity index (χ4n) is 3.04. The predicted octanol–water partition coefficient (Wildman–Crippen LogP) is 4.58. The van der Waals surface area contributed by atoms with Crippen molar-refractivity contribution in [2.45, 2.75) is 12.8 Å². The molecule has 2 N–H and O–H groups in total. The zero-order valence-corrected chi connectivity index (χ0v) is 13.5. The van der Waals surface area contributed by atoms with Crippen molar-refractivity contribution in [1.82, 2.24) is 9.97 Å². The van der Waals surface area contributed by atoms with Crippen LogP contribution in [0.2, 0.25) is 0 Å². The molecule has 0 fully saturated rings. The van der Waals surface area contributed by atoms with E-state index < -0.39 is 0 Å². The Balaban J connectivity index is 1.35. The summed E-state index contributed by atoms with van der Waals surface area (Å²) >= 11 is 0. The van der Waals surface area contributed by atoms with Gasteiger partial charge in [0.1, 0.15) is 5.82 Å². The quantitative estimate of drug-likeness (QED) is 0.414. The number of H-pyrrole nitrogens is 2. The van der Waals surface area contributed by atoms with Gasteiger partial charge >= 0.3 is 5.97 Å². The zero-order chi connectivity index (χ0) is 17.2. The summed E-state index contributed by atoms with van der Waals surface area (Å²) in [4.78, 5) is 18.3. The minimum atomic E-state index is -0.332. The van der Waals surface area contributed by atoms with Gasteiger partial charge in [0, 0.05) is 28.8 Å². The molecule has 25 heavy (non-hydrogen) atoms. The molecule has 2 heterocycles. The van der Waals surface area contributed by atoms with Crippen LogP contribution in [0.4, 0.5) is 4.39 Å². The molecule has 0 atom stereocenters. The molecule has 0 radical (unpaired) electrons. The van der Waals surface area contributed by atoms with Gasteiger partial charge < -0.3 is 14.7 Å². The predicted molar refractivity (Wildman–Crippen MR) is 95.2 cm³/mol. The van der Waals surface area contributed by atoms with Gasteiger partial charge in [0.15, 0.2) is 0 Å². The Hall–Kier alpha value is -3.08. The van der Waals surface area contributed by atoms with Crippen molar-refractivity contribution in [2.75, 3.05) is 6.61 Å². The Labute approximate surface area is 143 Å². The van der Waals surface area contributed by atoms with Gasteiger partial charge in [-0.2, -0.15) is 0 Å². The summed E-state index contributed by atoms with van der Waals surface area (Å²) < 4.78 is 18.7. The van der Waals surface area contributed by atoms with E-state index in [0.29, 0.717) is 25.0 Å². The molecule has 0 unspecified atom stereocenters. The summed E-state index contributed by atoms with van der Waals surface area (Å²) in [5.74, 6) is -0.582. The normalized spacial score (nSPS) is 11.2. The molecule has 126 valence electrons. The molecule has 0 amide bonds. The first-order chi connectivity index (χ1) is 12.2. The lowest BCUT2D eigenvalue weighted by atomic mass is 10.1. The number of fused-ring (bicyclic) bond motifs is 2. The number of ether oxygens (including phenoxy) is 1. The Morgan fingerprint density at radius 3 is 2.88 bits per heavy atom. The molecule has 4 nitrogen and oxygen atoms in total. The summed E-state index contributed by atoms with van der Waals surface area (Å²) in [5.41, 5.74) is 3.38. The number of esters is 1. The fourth-order valence-corrected chi connectivity index (χ4v) is 3.04. The monoisotopic (exact) mass is 336 g/mol. The molecule has 0 aliphatic heterocycles. The topological polar surface area (TPSA) is 57.9 Å². The lowest BCUT2D eigenvalue weighted by molar-refractivity contribution is 0.0501. The molecule has 0 aliphatic carbocycles. The van der Waals surface area contributed by atoms with Gasteiger partial charge in [0.2, 0.25) is 0 Å². The number of benzene rings is 2. The van der Waals surface area contributed by atoms with Crippen LogP contribution in [0.15, 0.2) is 54.9 Å². The Kier molecular flexibility index (Phi) is 3.98. The van der Waals surface area contributed by atoms with E-state index >= 15 is 0 Å². The van der Waals surface area contributed by atoms with Gasteiger partial charge in [-0.05, 0) is 60.2 Å². The molecule has 2 aromatic carbocycles. The largest absolute Gasteiger partial charge is 0.462 e. The highest BCUT2D eigenvalue weighted by atomic mass is 19.1. The van der Waals surface area contributed by atoms with Crippen LogP contribution in [0.3, 0.4) is 0 Å². The molecule has 2 aromatic heterocycles. The van der Waals surface area contributed by atoms with Gasteiger partial charge in [-0.15, -0.1) is 0 Å². The number of aromatic nitrogens is 2. The molecule has 0 aliphatic rings. The molecule has 5 heteroatoms. The Bertz CT molecular complexity index is 1050. The Morgan fingerprint density at radius 2 is 1.96 bits per heavy atom. The van der Waals surface area contributed by atoms with Crippen molar-refractivity contribution in [3.63, 3.8) is 0 Å². The number of carbonyl (C=O) groups is 1. The van der Waals surface area contributed by atoms with Crippen LogP contribution in [0.5, 0.6) is 0 Å². The first-order valence-electron chi connectivity index (χ1n) is 8.20. The lowest BCUT2D eigenvalue weighted by Crippen LogP contribution is -2.07. The van der Waals surface area contributed by atoms with E-state index in [0.717, 1.165) is 27.4 Å². The van der Waals surface area contributed by atoms with E-state index in [1.807, 2.05) is 24.5 Å². The maximum atomic E-state index is 13.4. The van der Waals surface area contributed by atoms with Crippen LogP contribution >= 0.6 is 0 Å². The number of rotatable bonds is 5. The van der Waals surface area contributed by atoms with Crippen molar-refractivity contribution < 1.29 is 13.9 Å². The molecule has 0 saturated carbocycles. The van der Waals surface area contributed by atoms with Gasteiger partial charge in [0.25, 0.3) is 0 Å².